The molecule has 0 unspecified atom stereocenters. The third-order valence-corrected chi connectivity index (χ3v) is 5.81. The van der Waals surface area contributed by atoms with Gasteiger partial charge in [-0.1, -0.05) is 18.2 Å². The second-order valence-electron chi connectivity index (χ2n) is 8.14. The number of aromatic nitrogens is 1. The van der Waals surface area contributed by atoms with Crippen LogP contribution in [0.15, 0.2) is 48.7 Å². The summed E-state index contributed by atoms with van der Waals surface area (Å²) in [5, 5.41) is 4.43. The number of hydrogen-bond donors (Lipinski definition) is 2. The van der Waals surface area contributed by atoms with Gasteiger partial charge in [0.1, 0.15) is 6.54 Å². The summed E-state index contributed by atoms with van der Waals surface area (Å²) in [6.45, 7) is 1.43. The Hall–Kier alpha value is -2.51. The molecule has 1 fully saturated rings. The molecule has 1 aliphatic heterocycles. The Labute approximate surface area is 174 Å². The number of alkyl halides is 3. The summed E-state index contributed by atoms with van der Waals surface area (Å²) < 4.78 is 40.7. The number of benzene rings is 2. The first kappa shape index (κ1) is 20.8. The smallest absolute Gasteiger partial charge is 0.382 e. The predicted molar refractivity (Wildman–Crippen MR) is 115 cm³/mol. The van der Waals surface area contributed by atoms with Crippen LogP contribution in [0.4, 0.5) is 18.9 Å². The van der Waals surface area contributed by atoms with E-state index < -0.39 is 12.7 Å². The highest BCUT2D eigenvalue weighted by molar-refractivity contribution is 5.96. The van der Waals surface area contributed by atoms with Crippen molar-refractivity contribution in [2.75, 3.05) is 25.5 Å². The van der Waals surface area contributed by atoms with Crippen molar-refractivity contribution in [3.63, 3.8) is 0 Å². The standard InChI is InChI=1S/C23H27F3N4/c1-29-8-5-19(6-9-29)28-21-12-18(17-4-2-3-16(11-17)14-27)13-22-20(21)7-10-30(22)15-23(24,25)26/h2-4,7,10-13,19,28H,5-6,8-9,14-15,27H2,1H3. The van der Waals surface area contributed by atoms with Gasteiger partial charge in [0.15, 0.2) is 0 Å². The Balaban J connectivity index is 1.77. The molecule has 4 nitrogen and oxygen atoms in total. The van der Waals surface area contributed by atoms with Crippen LogP contribution in [0.3, 0.4) is 0 Å². The summed E-state index contributed by atoms with van der Waals surface area (Å²) >= 11 is 0. The fraction of sp³-hybridized carbons (Fsp3) is 0.391. The van der Waals surface area contributed by atoms with Crippen LogP contribution >= 0.6 is 0 Å². The quantitative estimate of drug-likeness (QED) is 0.626. The van der Waals surface area contributed by atoms with E-state index >= 15 is 0 Å². The van der Waals surface area contributed by atoms with Crippen LogP contribution < -0.4 is 11.1 Å². The van der Waals surface area contributed by atoms with Gasteiger partial charge in [-0.25, -0.2) is 0 Å². The molecule has 1 aliphatic rings. The highest BCUT2D eigenvalue weighted by Gasteiger charge is 2.29. The molecule has 0 spiro atoms. The van der Waals surface area contributed by atoms with E-state index in [2.05, 4.69) is 17.3 Å². The molecule has 160 valence electrons. The Morgan fingerprint density at radius 3 is 2.53 bits per heavy atom. The van der Waals surface area contributed by atoms with Gasteiger partial charge in [0, 0.05) is 29.9 Å². The highest BCUT2D eigenvalue weighted by atomic mass is 19.4. The SMILES string of the molecule is CN1CCC(Nc2cc(-c3cccc(CN)c3)cc3c2ccn3CC(F)(F)F)CC1. The summed E-state index contributed by atoms with van der Waals surface area (Å²) in [6, 6.07) is 13.8. The van der Waals surface area contributed by atoms with Gasteiger partial charge >= 0.3 is 6.18 Å². The zero-order valence-corrected chi connectivity index (χ0v) is 17.0. The number of halogens is 3. The number of fused-ring (bicyclic) bond motifs is 1. The molecule has 0 aliphatic carbocycles. The van der Waals surface area contributed by atoms with E-state index in [0.29, 0.717) is 18.1 Å². The Bertz CT molecular complexity index is 1020. The van der Waals surface area contributed by atoms with E-state index in [-0.39, 0.29) is 0 Å². The van der Waals surface area contributed by atoms with Gasteiger partial charge in [-0.3, -0.25) is 0 Å². The van der Waals surface area contributed by atoms with E-state index in [1.165, 1.54) is 10.8 Å². The van der Waals surface area contributed by atoms with Gasteiger partial charge in [0.25, 0.3) is 0 Å². The fourth-order valence-electron chi connectivity index (χ4n) is 4.16. The van der Waals surface area contributed by atoms with Crippen molar-refractivity contribution in [2.24, 2.45) is 5.73 Å². The van der Waals surface area contributed by atoms with Crippen molar-refractivity contribution >= 4 is 16.6 Å². The van der Waals surface area contributed by atoms with Gasteiger partial charge < -0.3 is 20.5 Å². The van der Waals surface area contributed by atoms with Crippen LogP contribution in [0.1, 0.15) is 18.4 Å². The van der Waals surface area contributed by atoms with Gasteiger partial charge in [-0.05, 0) is 73.9 Å². The van der Waals surface area contributed by atoms with Crippen molar-refractivity contribution in [3.05, 3.63) is 54.2 Å². The summed E-state index contributed by atoms with van der Waals surface area (Å²) in [5.74, 6) is 0. The first-order valence-electron chi connectivity index (χ1n) is 10.3. The molecular weight excluding hydrogens is 389 g/mol. The molecule has 1 aromatic heterocycles. The number of piperidine rings is 1. The molecule has 0 saturated carbocycles. The maximum absolute atomic E-state index is 13.1. The van der Waals surface area contributed by atoms with Crippen LogP contribution in [-0.2, 0) is 13.1 Å². The topological polar surface area (TPSA) is 46.2 Å². The third-order valence-electron chi connectivity index (χ3n) is 5.81. The summed E-state index contributed by atoms with van der Waals surface area (Å²) in [5.41, 5.74) is 10.1. The van der Waals surface area contributed by atoms with E-state index in [9.17, 15) is 13.2 Å². The molecule has 3 aromatic rings. The second kappa shape index (κ2) is 8.32. The second-order valence-corrected chi connectivity index (χ2v) is 8.14. The number of nitrogens with one attached hydrogen (secondary N) is 1. The van der Waals surface area contributed by atoms with Crippen molar-refractivity contribution in [3.8, 4) is 11.1 Å². The predicted octanol–water partition coefficient (Wildman–Crippen LogP) is 4.84. The Kier molecular flexibility index (Phi) is 5.75. The van der Waals surface area contributed by atoms with Crippen molar-refractivity contribution < 1.29 is 13.2 Å². The Morgan fingerprint density at radius 1 is 1.07 bits per heavy atom. The van der Waals surface area contributed by atoms with Crippen LogP contribution in [-0.4, -0.2) is 41.8 Å². The lowest BCUT2D eigenvalue weighted by molar-refractivity contribution is -0.139. The van der Waals surface area contributed by atoms with Crippen molar-refractivity contribution in [1.82, 2.24) is 9.47 Å². The summed E-state index contributed by atoms with van der Waals surface area (Å²) in [7, 11) is 2.11. The average Bonchev–Trinajstić information content (AvgIpc) is 3.11. The lowest BCUT2D eigenvalue weighted by Crippen LogP contribution is -2.36. The maximum atomic E-state index is 13.1. The summed E-state index contributed by atoms with van der Waals surface area (Å²) in [4.78, 5) is 2.29. The van der Waals surface area contributed by atoms with Crippen LogP contribution in [0, 0.1) is 0 Å². The molecule has 0 amide bonds. The minimum atomic E-state index is -4.27. The van der Waals surface area contributed by atoms with Crippen molar-refractivity contribution in [1.29, 1.82) is 0 Å². The molecule has 2 aromatic carbocycles. The van der Waals surface area contributed by atoms with Crippen molar-refractivity contribution in [2.45, 2.75) is 38.1 Å². The minimum absolute atomic E-state index is 0.306. The molecule has 2 heterocycles. The lowest BCUT2D eigenvalue weighted by Gasteiger charge is -2.30. The van der Waals surface area contributed by atoms with Gasteiger partial charge in [0.2, 0.25) is 0 Å². The zero-order chi connectivity index (χ0) is 21.3. The molecule has 4 rings (SSSR count). The number of nitrogens with two attached hydrogens (primary N) is 1. The van der Waals surface area contributed by atoms with Crippen LogP contribution in [0.5, 0.6) is 0 Å². The minimum Gasteiger partial charge on any atom is -0.382 e. The molecule has 7 heteroatoms. The monoisotopic (exact) mass is 416 g/mol. The number of nitrogens with zero attached hydrogens (tertiary/aromatic N) is 2. The lowest BCUT2D eigenvalue weighted by atomic mass is 9.99. The fourth-order valence-corrected chi connectivity index (χ4v) is 4.16. The van der Waals surface area contributed by atoms with Gasteiger partial charge in [-0.15, -0.1) is 0 Å². The van der Waals surface area contributed by atoms with E-state index in [0.717, 1.165) is 53.7 Å². The number of hydrogen-bond acceptors (Lipinski definition) is 3. The molecule has 30 heavy (non-hydrogen) atoms. The largest absolute Gasteiger partial charge is 0.406 e. The number of anilines is 1. The zero-order valence-electron chi connectivity index (χ0n) is 17.0. The molecule has 0 bridgehead atoms. The average molecular weight is 416 g/mol. The van der Waals surface area contributed by atoms with Gasteiger partial charge in [-0.2, -0.15) is 13.2 Å². The molecule has 3 N–H and O–H groups in total. The number of likely N-dealkylation sites (tertiary alicyclic amines) is 1. The van der Waals surface area contributed by atoms with E-state index in [1.54, 1.807) is 6.07 Å². The first-order valence-corrected chi connectivity index (χ1v) is 10.3. The normalized spacial score (nSPS) is 16.3. The third kappa shape index (κ3) is 4.63. The first-order chi connectivity index (χ1) is 14.3. The van der Waals surface area contributed by atoms with E-state index in [1.807, 2.05) is 36.4 Å². The molecule has 0 radical (unpaired) electrons. The Morgan fingerprint density at radius 2 is 1.83 bits per heavy atom. The summed E-state index contributed by atoms with van der Waals surface area (Å²) in [6.07, 6.45) is -0.733. The van der Waals surface area contributed by atoms with Crippen LogP contribution in [0.25, 0.3) is 22.0 Å². The molecule has 0 atom stereocenters. The molecule has 1 saturated heterocycles. The van der Waals surface area contributed by atoms with E-state index in [4.69, 9.17) is 5.73 Å². The highest BCUT2D eigenvalue weighted by Crippen LogP contribution is 2.34. The molecular formula is C23H27F3N4. The number of rotatable bonds is 5. The maximum Gasteiger partial charge on any atom is 0.406 e. The van der Waals surface area contributed by atoms with Crippen LogP contribution in [0.2, 0.25) is 0 Å². The van der Waals surface area contributed by atoms with Gasteiger partial charge in [0.05, 0.1) is 5.52 Å².